The molecule has 1 amide bonds. The van der Waals surface area contributed by atoms with Gasteiger partial charge in [0.15, 0.2) is 9.84 Å². The van der Waals surface area contributed by atoms with Crippen molar-refractivity contribution >= 4 is 27.1 Å². The van der Waals surface area contributed by atoms with Crippen molar-refractivity contribution in [2.24, 2.45) is 5.92 Å². The molecule has 0 bridgehead atoms. The second-order valence-corrected chi connectivity index (χ2v) is 8.21. The lowest BCUT2D eigenvalue weighted by atomic mass is 10.0. The molecule has 6 heteroatoms. The number of amides is 1. The van der Waals surface area contributed by atoms with Gasteiger partial charge in [-0.25, -0.2) is 8.42 Å². The van der Waals surface area contributed by atoms with Gasteiger partial charge >= 0.3 is 0 Å². The summed E-state index contributed by atoms with van der Waals surface area (Å²) >= 11 is 1.74. The number of thiophene rings is 1. The zero-order valence-electron chi connectivity index (χ0n) is 9.96. The maximum atomic E-state index is 12.3. The molecular weight excluding hydrogens is 270 g/mol. The maximum Gasteiger partial charge on any atom is 0.227 e. The topological polar surface area (TPSA) is 54.5 Å². The van der Waals surface area contributed by atoms with E-state index in [0.29, 0.717) is 13.0 Å². The smallest absolute Gasteiger partial charge is 0.227 e. The first-order valence-corrected chi connectivity index (χ1v) is 8.80. The number of sulfone groups is 1. The minimum absolute atomic E-state index is 0.0212. The summed E-state index contributed by atoms with van der Waals surface area (Å²) in [6, 6.07) is 2.06. The van der Waals surface area contributed by atoms with Gasteiger partial charge in [0.05, 0.1) is 17.4 Å². The zero-order chi connectivity index (χ0) is 12.8. The van der Waals surface area contributed by atoms with E-state index in [2.05, 4.69) is 11.4 Å². The van der Waals surface area contributed by atoms with Gasteiger partial charge < -0.3 is 4.90 Å². The summed E-state index contributed by atoms with van der Waals surface area (Å²) in [5, 5.41) is 2.05. The monoisotopic (exact) mass is 285 g/mol. The predicted molar refractivity (Wildman–Crippen MR) is 70.2 cm³/mol. The molecule has 0 saturated carbocycles. The molecule has 1 saturated heterocycles. The van der Waals surface area contributed by atoms with Gasteiger partial charge in [0.25, 0.3) is 0 Å². The van der Waals surface area contributed by atoms with Gasteiger partial charge in [-0.05, 0) is 29.9 Å². The number of hydrogen-bond acceptors (Lipinski definition) is 4. The van der Waals surface area contributed by atoms with E-state index in [1.54, 1.807) is 11.3 Å². The molecule has 1 aromatic rings. The summed E-state index contributed by atoms with van der Waals surface area (Å²) in [5.74, 6) is -0.0807. The molecule has 18 heavy (non-hydrogen) atoms. The summed E-state index contributed by atoms with van der Waals surface area (Å²) in [5.41, 5.74) is 1.22. The van der Waals surface area contributed by atoms with E-state index in [0.717, 1.165) is 13.0 Å². The van der Waals surface area contributed by atoms with Gasteiger partial charge in [-0.3, -0.25) is 4.79 Å². The molecule has 3 rings (SSSR count). The van der Waals surface area contributed by atoms with Crippen molar-refractivity contribution in [3.63, 3.8) is 0 Å². The molecule has 0 N–H and O–H groups in total. The van der Waals surface area contributed by atoms with Crippen molar-refractivity contribution in [3.05, 3.63) is 21.9 Å². The Morgan fingerprint density at radius 1 is 1.44 bits per heavy atom. The summed E-state index contributed by atoms with van der Waals surface area (Å²) in [6.45, 7) is 1.37. The molecule has 1 unspecified atom stereocenters. The van der Waals surface area contributed by atoms with Crippen LogP contribution in [0.15, 0.2) is 11.4 Å². The molecular formula is C12H15NO3S2. The summed E-state index contributed by atoms with van der Waals surface area (Å²) in [4.78, 5) is 15.5. The van der Waals surface area contributed by atoms with Crippen molar-refractivity contribution in [1.29, 1.82) is 0 Å². The fraction of sp³-hybridized carbons (Fsp3) is 0.583. The van der Waals surface area contributed by atoms with E-state index in [1.807, 2.05) is 4.90 Å². The Hall–Kier alpha value is -0.880. The first-order chi connectivity index (χ1) is 8.55. The van der Waals surface area contributed by atoms with Crippen LogP contribution in [0.3, 0.4) is 0 Å². The largest absolute Gasteiger partial charge is 0.338 e. The lowest BCUT2D eigenvalue weighted by molar-refractivity contribution is -0.135. The van der Waals surface area contributed by atoms with Crippen LogP contribution >= 0.6 is 11.3 Å². The second-order valence-electron chi connectivity index (χ2n) is 4.98. The first-order valence-electron chi connectivity index (χ1n) is 6.09. The highest BCUT2D eigenvalue weighted by molar-refractivity contribution is 7.91. The minimum Gasteiger partial charge on any atom is -0.338 e. The van der Waals surface area contributed by atoms with Crippen LogP contribution in [0.1, 0.15) is 16.9 Å². The molecule has 0 spiro atoms. The summed E-state index contributed by atoms with van der Waals surface area (Å²) < 4.78 is 22.8. The van der Waals surface area contributed by atoms with Gasteiger partial charge in [-0.1, -0.05) is 0 Å². The van der Waals surface area contributed by atoms with Crippen LogP contribution < -0.4 is 0 Å². The molecule has 3 heterocycles. The minimum atomic E-state index is -2.97. The van der Waals surface area contributed by atoms with Crippen molar-refractivity contribution < 1.29 is 13.2 Å². The van der Waals surface area contributed by atoms with Crippen LogP contribution in [-0.2, 0) is 27.6 Å². The molecule has 0 aromatic carbocycles. The number of carbonyl (C=O) groups excluding carboxylic acids is 1. The highest BCUT2D eigenvalue weighted by atomic mass is 32.2. The number of carbonyl (C=O) groups is 1. The Balaban J connectivity index is 1.72. The standard InChI is InChI=1S/C12H15NO3S2/c14-12(10-3-6-18(15,16)8-10)13-4-1-11-9(7-13)2-5-17-11/h2,5,10H,1,3-4,6-8H2. The Bertz CT molecular complexity index is 576. The Kier molecular flexibility index (Phi) is 2.94. The fourth-order valence-electron chi connectivity index (χ4n) is 2.68. The Morgan fingerprint density at radius 3 is 3.00 bits per heavy atom. The number of hydrogen-bond donors (Lipinski definition) is 0. The van der Waals surface area contributed by atoms with Crippen molar-refractivity contribution in [1.82, 2.24) is 4.90 Å². The molecule has 4 nitrogen and oxygen atoms in total. The van der Waals surface area contributed by atoms with Crippen LogP contribution in [0.25, 0.3) is 0 Å². The zero-order valence-corrected chi connectivity index (χ0v) is 11.6. The van der Waals surface area contributed by atoms with Gasteiger partial charge in [-0.2, -0.15) is 0 Å². The van der Waals surface area contributed by atoms with Crippen LogP contribution in [-0.4, -0.2) is 37.3 Å². The third-order valence-corrected chi connectivity index (χ3v) is 6.49. The van der Waals surface area contributed by atoms with Crippen molar-refractivity contribution in [2.75, 3.05) is 18.1 Å². The van der Waals surface area contributed by atoms with Gasteiger partial charge in [-0.15, -0.1) is 11.3 Å². The lowest BCUT2D eigenvalue weighted by Crippen LogP contribution is -2.39. The quantitative estimate of drug-likeness (QED) is 0.775. The van der Waals surface area contributed by atoms with E-state index in [9.17, 15) is 13.2 Å². The molecule has 0 aliphatic carbocycles. The van der Waals surface area contributed by atoms with Crippen LogP contribution in [0.5, 0.6) is 0 Å². The normalized spacial score (nSPS) is 26.0. The van der Waals surface area contributed by atoms with Crippen molar-refractivity contribution in [3.8, 4) is 0 Å². The Labute approximate surface area is 111 Å². The maximum absolute atomic E-state index is 12.3. The fourth-order valence-corrected chi connectivity index (χ4v) is 5.31. The Morgan fingerprint density at radius 2 is 2.28 bits per heavy atom. The third-order valence-electron chi connectivity index (χ3n) is 3.70. The third kappa shape index (κ3) is 2.19. The van der Waals surface area contributed by atoms with Gasteiger partial charge in [0.2, 0.25) is 5.91 Å². The molecule has 98 valence electrons. The lowest BCUT2D eigenvalue weighted by Gasteiger charge is -2.29. The van der Waals surface area contributed by atoms with E-state index in [4.69, 9.17) is 0 Å². The van der Waals surface area contributed by atoms with E-state index >= 15 is 0 Å². The second kappa shape index (κ2) is 4.35. The number of rotatable bonds is 1. The average Bonchev–Trinajstić information content (AvgIpc) is 2.93. The number of fused-ring (bicyclic) bond motifs is 1. The highest BCUT2D eigenvalue weighted by Gasteiger charge is 2.36. The molecule has 0 radical (unpaired) electrons. The molecule has 2 aliphatic rings. The molecule has 1 aromatic heterocycles. The van der Waals surface area contributed by atoms with Crippen LogP contribution in [0, 0.1) is 5.92 Å². The first kappa shape index (κ1) is 12.2. The van der Waals surface area contributed by atoms with Gasteiger partial charge in [0.1, 0.15) is 0 Å². The molecule has 1 fully saturated rings. The average molecular weight is 285 g/mol. The van der Waals surface area contributed by atoms with Crippen molar-refractivity contribution in [2.45, 2.75) is 19.4 Å². The van der Waals surface area contributed by atoms with E-state index in [1.165, 1.54) is 10.4 Å². The predicted octanol–water partition coefficient (Wildman–Crippen LogP) is 1.07. The SMILES string of the molecule is O=C(C1CCS(=O)(=O)C1)N1CCc2sccc2C1. The molecule has 2 aliphatic heterocycles. The van der Waals surface area contributed by atoms with Crippen LogP contribution in [0.4, 0.5) is 0 Å². The van der Waals surface area contributed by atoms with E-state index in [-0.39, 0.29) is 23.3 Å². The summed E-state index contributed by atoms with van der Waals surface area (Å²) in [7, 11) is -2.97. The van der Waals surface area contributed by atoms with Gasteiger partial charge in [0, 0.05) is 18.0 Å². The summed E-state index contributed by atoms with van der Waals surface area (Å²) in [6.07, 6.45) is 1.40. The highest BCUT2D eigenvalue weighted by Crippen LogP contribution is 2.27. The molecule has 1 atom stereocenters. The van der Waals surface area contributed by atoms with Crippen LogP contribution in [0.2, 0.25) is 0 Å². The number of nitrogens with zero attached hydrogens (tertiary/aromatic N) is 1. The van der Waals surface area contributed by atoms with E-state index < -0.39 is 9.84 Å².